The summed E-state index contributed by atoms with van der Waals surface area (Å²) in [6.07, 6.45) is 1.89. The predicted octanol–water partition coefficient (Wildman–Crippen LogP) is 4.93. The summed E-state index contributed by atoms with van der Waals surface area (Å²) in [5.41, 5.74) is 3.84. The van der Waals surface area contributed by atoms with Crippen LogP contribution in [0.3, 0.4) is 0 Å². The fourth-order valence-corrected chi connectivity index (χ4v) is 4.44. The van der Waals surface area contributed by atoms with Crippen LogP contribution < -0.4 is 9.47 Å². The fraction of sp³-hybridized carbons (Fsp3) is 0.240. The summed E-state index contributed by atoms with van der Waals surface area (Å²) in [6, 6.07) is 19.2. The summed E-state index contributed by atoms with van der Waals surface area (Å²) in [4.78, 5) is 4.61. The molecule has 0 radical (unpaired) electrons. The summed E-state index contributed by atoms with van der Waals surface area (Å²) in [7, 11) is -2.74. The van der Waals surface area contributed by atoms with Gasteiger partial charge in [-0.05, 0) is 43.2 Å². The number of benzene rings is 2. The molecule has 1 N–H and O–H groups in total. The number of fused-ring (bicyclic) bond motifs is 1. The Labute approximate surface area is 193 Å². The third-order valence-electron chi connectivity index (χ3n) is 5.68. The summed E-state index contributed by atoms with van der Waals surface area (Å²) >= 11 is 0. The third-order valence-corrected chi connectivity index (χ3v) is 6.81. The molecule has 33 heavy (non-hydrogen) atoms. The molecule has 1 atom stereocenters. The molecular formula is C25H26N2O5S. The Bertz CT molecular complexity index is 1360. The van der Waals surface area contributed by atoms with Crippen LogP contribution in [0.15, 0.2) is 66.9 Å². The second-order valence-corrected chi connectivity index (χ2v) is 9.64. The Balaban J connectivity index is 1.78. The van der Waals surface area contributed by atoms with Gasteiger partial charge in [-0.25, -0.2) is 4.98 Å². The third kappa shape index (κ3) is 4.86. The first-order chi connectivity index (χ1) is 15.8. The van der Waals surface area contributed by atoms with Gasteiger partial charge in [0.05, 0.1) is 18.3 Å². The molecule has 0 aliphatic rings. The number of nitrogens with zero attached hydrogens (tertiary/aromatic N) is 2. The van der Waals surface area contributed by atoms with E-state index in [0.29, 0.717) is 23.2 Å². The zero-order chi connectivity index (χ0) is 23.6. The zero-order valence-electron chi connectivity index (χ0n) is 18.7. The van der Waals surface area contributed by atoms with Crippen LogP contribution in [0.2, 0.25) is 0 Å². The molecule has 0 aliphatic carbocycles. The lowest BCUT2D eigenvalue weighted by atomic mass is 10.1. The molecule has 1 unspecified atom stereocenters. The van der Waals surface area contributed by atoms with E-state index in [4.69, 9.17) is 9.47 Å². The molecule has 2 aromatic heterocycles. The number of aromatic nitrogens is 2. The lowest BCUT2D eigenvalue weighted by Crippen LogP contribution is -2.13. The van der Waals surface area contributed by atoms with Gasteiger partial charge in [-0.1, -0.05) is 42.5 Å². The van der Waals surface area contributed by atoms with Gasteiger partial charge in [0, 0.05) is 23.7 Å². The van der Waals surface area contributed by atoms with E-state index in [1.54, 1.807) is 7.11 Å². The van der Waals surface area contributed by atoms with Crippen molar-refractivity contribution in [1.29, 1.82) is 0 Å². The molecule has 2 aromatic carbocycles. The maximum atomic E-state index is 12.1. The van der Waals surface area contributed by atoms with Crippen molar-refractivity contribution in [3.63, 3.8) is 0 Å². The Morgan fingerprint density at radius 1 is 1.03 bits per heavy atom. The molecule has 2 heterocycles. The Morgan fingerprint density at radius 2 is 1.73 bits per heavy atom. The molecule has 7 nitrogen and oxygen atoms in total. The van der Waals surface area contributed by atoms with Crippen LogP contribution in [-0.2, 0) is 23.3 Å². The van der Waals surface area contributed by atoms with Gasteiger partial charge in [-0.3, -0.25) is 4.55 Å². The molecule has 8 heteroatoms. The highest BCUT2D eigenvalue weighted by Gasteiger charge is 2.28. The van der Waals surface area contributed by atoms with E-state index in [-0.39, 0.29) is 12.5 Å². The highest BCUT2D eigenvalue weighted by molar-refractivity contribution is 7.86. The van der Waals surface area contributed by atoms with Gasteiger partial charge in [-0.2, -0.15) is 8.42 Å². The molecule has 0 saturated heterocycles. The smallest absolute Gasteiger partial charge is 0.271 e. The largest absolute Gasteiger partial charge is 0.497 e. The van der Waals surface area contributed by atoms with E-state index in [2.05, 4.69) is 4.98 Å². The van der Waals surface area contributed by atoms with E-state index in [0.717, 1.165) is 22.4 Å². The number of pyridine rings is 1. The average molecular weight is 467 g/mol. The van der Waals surface area contributed by atoms with Crippen LogP contribution in [0.25, 0.3) is 10.9 Å². The van der Waals surface area contributed by atoms with Crippen molar-refractivity contribution in [3.05, 3.63) is 89.2 Å². The molecule has 0 bridgehead atoms. The molecule has 4 aromatic rings. The van der Waals surface area contributed by atoms with Crippen LogP contribution in [0, 0.1) is 6.92 Å². The Kier molecular flexibility index (Phi) is 6.40. The maximum Gasteiger partial charge on any atom is 0.271 e. The summed E-state index contributed by atoms with van der Waals surface area (Å²) in [5, 5.41) is -0.514. The Hall–Kier alpha value is -3.36. The van der Waals surface area contributed by atoms with E-state index in [9.17, 15) is 13.0 Å². The maximum absolute atomic E-state index is 12.1. The molecule has 0 amide bonds. The second kappa shape index (κ2) is 9.25. The molecule has 0 aliphatic heterocycles. The first-order valence-corrected chi connectivity index (χ1v) is 12.0. The molecular weight excluding hydrogens is 440 g/mol. The van der Waals surface area contributed by atoms with Crippen molar-refractivity contribution >= 4 is 21.0 Å². The van der Waals surface area contributed by atoms with Gasteiger partial charge in [0.25, 0.3) is 10.1 Å². The minimum absolute atomic E-state index is 0.205. The van der Waals surface area contributed by atoms with E-state index < -0.39 is 15.4 Å². The first-order valence-electron chi connectivity index (χ1n) is 10.5. The predicted molar refractivity (Wildman–Crippen MR) is 127 cm³/mol. The first kappa shape index (κ1) is 22.8. The quantitative estimate of drug-likeness (QED) is 0.370. The van der Waals surface area contributed by atoms with Crippen molar-refractivity contribution in [2.75, 3.05) is 7.11 Å². The molecule has 0 fully saturated rings. The van der Waals surface area contributed by atoms with Crippen LogP contribution in [0.1, 0.15) is 34.6 Å². The lowest BCUT2D eigenvalue weighted by Gasteiger charge is -2.18. The summed E-state index contributed by atoms with van der Waals surface area (Å²) in [5.74, 6) is 0.981. The van der Waals surface area contributed by atoms with Crippen LogP contribution in [-0.4, -0.2) is 29.6 Å². The minimum Gasteiger partial charge on any atom is -0.497 e. The van der Waals surface area contributed by atoms with Crippen LogP contribution in [0.5, 0.6) is 11.6 Å². The van der Waals surface area contributed by atoms with Gasteiger partial charge < -0.3 is 14.0 Å². The van der Waals surface area contributed by atoms with Crippen molar-refractivity contribution in [1.82, 2.24) is 9.55 Å². The normalized spacial score (nSPS) is 12.6. The van der Waals surface area contributed by atoms with Crippen molar-refractivity contribution in [2.24, 2.45) is 0 Å². The monoisotopic (exact) mass is 466 g/mol. The topological polar surface area (TPSA) is 90.7 Å². The zero-order valence-corrected chi connectivity index (χ0v) is 19.5. The van der Waals surface area contributed by atoms with Gasteiger partial charge in [0.15, 0.2) is 0 Å². The number of ether oxygens (including phenoxy) is 2. The summed E-state index contributed by atoms with van der Waals surface area (Å²) < 4.78 is 47.2. The van der Waals surface area contributed by atoms with Gasteiger partial charge in [-0.15, -0.1) is 0 Å². The van der Waals surface area contributed by atoms with Crippen molar-refractivity contribution in [2.45, 2.75) is 32.2 Å². The number of hydrogen-bond donors (Lipinski definition) is 1. The lowest BCUT2D eigenvalue weighted by molar-refractivity contribution is 0.290. The molecule has 0 saturated carbocycles. The van der Waals surface area contributed by atoms with Crippen LogP contribution >= 0.6 is 0 Å². The number of methoxy groups -OCH3 is 1. The summed E-state index contributed by atoms with van der Waals surface area (Å²) in [6.45, 7) is 4.11. The number of aryl methyl sites for hydroxylation is 1. The van der Waals surface area contributed by atoms with E-state index in [1.807, 2.05) is 78.4 Å². The highest BCUT2D eigenvalue weighted by Crippen LogP contribution is 2.37. The standard InChI is InChI=1S/C25H26N2O5S/c1-17-24-22(13-14-27(24)15-19-9-11-21(31-3)12-10-19)23(18(2)33(28,29)30)25(26-17)32-16-20-7-5-4-6-8-20/h4-14,18H,15-16H2,1-3H3,(H,28,29,30). The molecule has 4 rings (SSSR count). The van der Waals surface area contributed by atoms with Crippen molar-refractivity contribution in [3.8, 4) is 11.6 Å². The number of hydrogen-bond acceptors (Lipinski definition) is 5. The van der Waals surface area contributed by atoms with Crippen LogP contribution in [0.4, 0.5) is 0 Å². The average Bonchev–Trinajstić information content (AvgIpc) is 3.22. The van der Waals surface area contributed by atoms with Gasteiger partial charge >= 0.3 is 0 Å². The van der Waals surface area contributed by atoms with E-state index in [1.165, 1.54) is 6.92 Å². The minimum atomic E-state index is -4.37. The SMILES string of the molecule is COc1ccc(Cn2ccc3c(C(C)S(=O)(=O)O)c(OCc4ccccc4)nc(C)c32)cc1. The fourth-order valence-electron chi connectivity index (χ4n) is 3.91. The van der Waals surface area contributed by atoms with Crippen molar-refractivity contribution < 1.29 is 22.4 Å². The van der Waals surface area contributed by atoms with Gasteiger partial charge in [0.1, 0.15) is 17.6 Å². The second-order valence-electron chi connectivity index (χ2n) is 7.90. The molecule has 0 spiro atoms. The van der Waals surface area contributed by atoms with E-state index >= 15 is 0 Å². The highest BCUT2D eigenvalue weighted by atomic mass is 32.2. The Morgan fingerprint density at radius 3 is 2.36 bits per heavy atom. The van der Waals surface area contributed by atoms with Gasteiger partial charge in [0.2, 0.25) is 5.88 Å². The molecule has 172 valence electrons. The number of rotatable bonds is 8.